The van der Waals surface area contributed by atoms with Gasteiger partial charge in [-0.2, -0.15) is 0 Å². The van der Waals surface area contributed by atoms with Crippen LogP contribution >= 0.6 is 0 Å². The van der Waals surface area contributed by atoms with E-state index in [2.05, 4.69) is 4.72 Å². The monoisotopic (exact) mass is 415 g/mol. The maximum Gasteiger partial charge on any atom is 0.339 e. The van der Waals surface area contributed by atoms with Gasteiger partial charge < -0.3 is 14.9 Å². The quantitative estimate of drug-likeness (QED) is 0.664. The molecule has 1 aliphatic carbocycles. The zero-order valence-corrected chi connectivity index (χ0v) is 16.7. The fourth-order valence-electron chi connectivity index (χ4n) is 3.27. The van der Waals surface area contributed by atoms with Gasteiger partial charge in [-0.1, -0.05) is 36.4 Å². The van der Waals surface area contributed by atoms with Gasteiger partial charge in [-0.3, -0.25) is 4.72 Å². The first-order valence-corrected chi connectivity index (χ1v) is 10.3. The van der Waals surface area contributed by atoms with E-state index in [-0.39, 0.29) is 23.4 Å². The minimum atomic E-state index is -4.03. The number of nitrogens with one attached hydrogen (secondary N) is 1. The number of carbonyl (C=O) groups is 1. The van der Waals surface area contributed by atoms with Gasteiger partial charge >= 0.3 is 5.97 Å². The number of anilines is 1. The predicted molar refractivity (Wildman–Crippen MR) is 110 cm³/mol. The maximum atomic E-state index is 13.3. The minimum absolute atomic E-state index is 0.0555. The number of carboxylic acids is 1. The van der Waals surface area contributed by atoms with Crippen LogP contribution in [0.5, 0.6) is 5.75 Å². The van der Waals surface area contributed by atoms with Crippen LogP contribution < -0.4 is 4.72 Å². The van der Waals surface area contributed by atoms with Gasteiger partial charge in [-0.05, 0) is 36.3 Å². The Morgan fingerprint density at radius 2 is 1.83 bits per heavy atom. The van der Waals surface area contributed by atoms with Gasteiger partial charge in [0.1, 0.15) is 21.8 Å². The van der Waals surface area contributed by atoms with Crippen LogP contribution in [0.4, 0.5) is 5.69 Å². The molecular formula is C21H21NO6S. The van der Waals surface area contributed by atoms with E-state index in [1.54, 1.807) is 13.0 Å². The van der Waals surface area contributed by atoms with Gasteiger partial charge in [-0.15, -0.1) is 0 Å². The Labute approximate surface area is 169 Å². The van der Waals surface area contributed by atoms with E-state index in [1.165, 1.54) is 13.2 Å². The molecule has 0 saturated carbocycles. The molecule has 3 rings (SSSR count). The van der Waals surface area contributed by atoms with Crippen LogP contribution in [0.3, 0.4) is 0 Å². The average molecular weight is 415 g/mol. The van der Waals surface area contributed by atoms with Gasteiger partial charge in [-0.25, -0.2) is 13.2 Å². The Bertz CT molecular complexity index is 1110. The molecule has 1 atom stereocenters. The summed E-state index contributed by atoms with van der Waals surface area (Å²) >= 11 is 0. The summed E-state index contributed by atoms with van der Waals surface area (Å²) in [7, 11) is -2.62. The zero-order chi connectivity index (χ0) is 21.2. The molecule has 1 unspecified atom stereocenters. The van der Waals surface area contributed by atoms with Gasteiger partial charge in [0.2, 0.25) is 10.0 Å². The summed E-state index contributed by atoms with van der Waals surface area (Å²) in [4.78, 5) is 11.0. The molecule has 0 aliphatic heterocycles. The number of hydrogen-bond donors (Lipinski definition) is 3. The molecule has 1 aliphatic rings. The van der Waals surface area contributed by atoms with Crippen molar-refractivity contribution in [1.29, 1.82) is 0 Å². The molecular weight excluding hydrogens is 394 g/mol. The first-order chi connectivity index (χ1) is 13.7. The fraction of sp³-hybridized carbons (Fsp3) is 0.190. The second kappa shape index (κ2) is 7.63. The van der Waals surface area contributed by atoms with Crippen LogP contribution in [-0.4, -0.2) is 36.5 Å². The number of aromatic hydroxyl groups is 1. The van der Waals surface area contributed by atoms with Crippen molar-refractivity contribution < 1.29 is 28.2 Å². The Morgan fingerprint density at radius 1 is 1.14 bits per heavy atom. The van der Waals surface area contributed by atoms with Gasteiger partial charge in [0.15, 0.2) is 0 Å². The highest BCUT2D eigenvalue weighted by Crippen LogP contribution is 2.41. The van der Waals surface area contributed by atoms with Crippen molar-refractivity contribution in [3.8, 4) is 5.75 Å². The number of methoxy groups -OCH3 is 1. The lowest BCUT2D eigenvalue weighted by Gasteiger charge is -2.34. The van der Waals surface area contributed by atoms with Gasteiger partial charge in [0.05, 0.1) is 12.8 Å². The Kier molecular flexibility index (Phi) is 5.39. The zero-order valence-electron chi connectivity index (χ0n) is 15.9. The molecule has 0 heterocycles. The topological polar surface area (TPSA) is 113 Å². The number of carboxylic acid groups (broad SMARTS) is 1. The second-order valence-corrected chi connectivity index (χ2v) is 8.96. The number of phenols is 1. The summed E-state index contributed by atoms with van der Waals surface area (Å²) in [6.07, 6.45) is 3.64. The highest BCUT2D eigenvalue weighted by molar-refractivity contribution is 7.94. The maximum absolute atomic E-state index is 13.3. The molecule has 2 aromatic rings. The third-order valence-corrected chi connectivity index (χ3v) is 6.96. The van der Waals surface area contributed by atoms with Crippen LogP contribution in [0.1, 0.15) is 29.3 Å². The van der Waals surface area contributed by atoms with Crippen LogP contribution in [0.15, 0.2) is 66.4 Å². The van der Waals surface area contributed by atoms with Crippen LogP contribution in [0.25, 0.3) is 5.57 Å². The Hall–Kier alpha value is -3.26. The predicted octanol–water partition coefficient (Wildman–Crippen LogP) is 3.61. The largest absolute Gasteiger partial charge is 0.507 e. The van der Waals surface area contributed by atoms with E-state index in [0.717, 1.165) is 23.3 Å². The molecule has 0 amide bonds. The second-order valence-electron chi connectivity index (χ2n) is 6.84. The van der Waals surface area contributed by atoms with Crippen molar-refractivity contribution in [2.24, 2.45) is 0 Å². The van der Waals surface area contributed by atoms with E-state index < -0.39 is 26.5 Å². The standard InChI is InChI=1S/C21H21NO6S/c1-21(13-15(8-11-19(21)28-2)14-6-4-3-5-7-14)29(26,27)22-16-9-10-17(20(24)25)18(23)12-16/h3-12,22-23H,13H2,1-2H3,(H,24,25). The SMILES string of the molecule is COC1=CC=C(c2ccccc2)CC1(C)S(=O)(=O)Nc1ccc(C(=O)O)c(O)c1. The number of hydrogen-bond acceptors (Lipinski definition) is 5. The van der Waals surface area contributed by atoms with Crippen molar-refractivity contribution in [1.82, 2.24) is 0 Å². The molecule has 0 bridgehead atoms. The third-order valence-electron chi connectivity index (χ3n) is 4.92. The van der Waals surface area contributed by atoms with E-state index in [0.29, 0.717) is 0 Å². The van der Waals surface area contributed by atoms with E-state index in [4.69, 9.17) is 9.84 Å². The molecule has 29 heavy (non-hydrogen) atoms. The Balaban J connectivity index is 1.96. The summed E-state index contributed by atoms with van der Waals surface area (Å²) in [6.45, 7) is 1.56. The third kappa shape index (κ3) is 3.84. The van der Waals surface area contributed by atoms with E-state index >= 15 is 0 Å². The fourth-order valence-corrected chi connectivity index (χ4v) is 4.69. The summed E-state index contributed by atoms with van der Waals surface area (Å²) in [5.41, 5.74) is 1.48. The minimum Gasteiger partial charge on any atom is -0.507 e. The lowest BCUT2D eigenvalue weighted by molar-refractivity contribution is 0.0694. The number of allylic oxidation sites excluding steroid dienone is 3. The molecule has 152 valence electrons. The van der Waals surface area contributed by atoms with Crippen molar-refractivity contribution in [3.63, 3.8) is 0 Å². The number of rotatable bonds is 6. The molecule has 0 fully saturated rings. The lowest BCUT2D eigenvalue weighted by atomic mass is 9.89. The highest BCUT2D eigenvalue weighted by Gasteiger charge is 2.46. The normalized spacial score (nSPS) is 19.1. The summed E-state index contributed by atoms with van der Waals surface area (Å²) in [6, 6.07) is 12.9. The van der Waals surface area contributed by atoms with Crippen molar-refractivity contribution in [3.05, 3.63) is 77.6 Å². The molecule has 0 radical (unpaired) electrons. The molecule has 3 N–H and O–H groups in total. The molecule has 7 nitrogen and oxygen atoms in total. The van der Waals surface area contributed by atoms with Crippen LogP contribution in [0.2, 0.25) is 0 Å². The first-order valence-electron chi connectivity index (χ1n) is 8.77. The smallest absolute Gasteiger partial charge is 0.339 e. The number of ether oxygens (including phenoxy) is 1. The number of aromatic carboxylic acids is 1. The Morgan fingerprint density at radius 3 is 2.41 bits per heavy atom. The first kappa shape index (κ1) is 20.5. The van der Waals surface area contributed by atoms with Crippen molar-refractivity contribution in [2.75, 3.05) is 11.8 Å². The highest BCUT2D eigenvalue weighted by atomic mass is 32.2. The van der Waals surface area contributed by atoms with Crippen molar-refractivity contribution in [2.45, 2.75) is 18.1 Å². The molecule has 0 saturated heterocycles. The summed E-state index contributed by atoms with van der Waals surface area (Å²) in [5.74, 6) is -1.56. The summed E-state index contributed by atoms with van der Waals surface area (Å²) in [5, 5.41) is 18.9. The molecule has 0 aromatic heterocycles. The summed E-state index contributed by atoms with van der Waals surface area (Å²) < 4.78 is 33.0. The van der Waals surface area contributed by atoms with Crippen molar-refractivity contribution >= 4 is 27.3 Å². The average Bonchev–Trinajstić information content (AvgIpc) is 2.68. The number of sulfonamides is 1. The van der Waals surface area contributed by atoms with E-state index in [1.807, 2.05) is 36.4 Å². The lowest BCUT2D eigenvalue weighted by Crippen LogP contribution is -2.43. The molecule has 0 spiro atoms. The van der Waals surface area contributed by atoms with E-state index in [9.17, 15) is 18.3 Å². The molecule has 2 aromatic carbocycles. The van der Waals surface area contributed by atoms with Gasteiger partial charge in [0, 0.05) is 12.5 Å². The van der Waals surface area contributed by atoms with Crippen LogP contribution in [-0.2, 0) is 14.8 Å². The number of benzene rings is 2. The van der Waals surface area contributed by atoms with Crippen LogP contribution in [0, 0.1) is 0 Å². The van der Waals surface area contributed by atoms with Gasteiger partial charge in [0.25, 0.3) is 0 Å². The molecule has 8 heteroatoms.